The predicted molar refractivity (Wildman–Crippen MR) is 37.4 cm³/mol. The lowest BCUT2D eigenvalue weighted by atomic mass is 10.4. The van der Waals surface area contributed by atoms with Gasteiger partial charge < -0.3 is 9.66 Å². The van der Waals surface area contributed by atoms with Gasteiger partial charge in [0.1, 0.15) is 0 Å². The number of rotatable bonds is 2. The maximum absolute atomic E-state index is 10.3. The fourth-order valence-electron chi connectivity index (χ4n) is 0.585. The van der Waals surface area contributed by atoms with Gasteiger partial charge in [-0.15, -0.1) is 11.3 Å². The van der Waals surface area contributed by atoms with Gasteiger partial charge in [0.2, 0.25) is 0 Å². The summed E-state index contributed by atoms with van der Waals surface area (Å²) in [4.78, 5) is 0. The monoisotopic (exact) mass is 177 g/mol. The third-order valence-electron chi connectivity index (χ3n) is 1.03. The van der Waals surface area contributed by atoms with Crippen molar-refractivity contribution in [2.75, 3.05) is 0 Å². The molecule has 0 aliphatic rings. The molecule has 1 heterocycles. The fraction of sp³-hybridized carbons (Fsp3) is 0.200. The standard InChI is InChI=1S/C5H6O3S2/c6-3-4-1-2-9-5(4)10(7)8/h1-2,6H,3H2,(H,7,8)/p-1. The summed E-state index contributed by atoms with van der Waals surface area (Å²) in [6, 6.07) is 1.59. The normalized spacial score (nSPS) is 13.4. The SMILES string of the molecule is O=S([O-])c1sccc1CO. The number of hydrogen-bond donors (Lipinski definition) is 1. The van der Waals surface area contributed by atoms with Crippen molar-refractivity contribution in [2.45, 2.75) is 10.8 Å². The minimum Gasteiger partial charge on any atom is -0.768 e. The molecule has 0 aliphatic heterocycles. The lowest BCUT2D eigenvalue weighted by Gasteiger charge is -2.02. The van der Waals surface area contributed by atoms with Crippen LogP contribution in [-0.4, -0.2) is 13.9 Å². The molecule has 5 heteroatoms. The van der Waals surface area contributed by atoms with Crippen LogP contribution in [0.4, 0.5) is 0 Å². The van der Waals surface area contributed by atoms with Gasteiger partial charge in [-0.1, -0.05) is 0 Å². The Kier molecular flexibility index (Phi) is 2.56. The van der Waals surface area contributed by atoms with Gasteiger partial charge in [-0.25, -0.2) is 0 Å². The second-order valence-corrected chi connectivity index (χ2v) is 3.68. The first-order chi connectivity index (χ1) is 4.75. The molecule has 0 saturated heterocycles. The van der Waals surface area contributed by atoms with Crippen LogP contribution in [0, 0.1) is 0 Å². The van der Waals surface area contributed by atoms with Crippen LogP contribution in [-0.2, 0) is 17.7 Å². The third kappa shape index (κ3) is 1.43. The molecule has 1 aromatic heterocycles. The van der Waals surface area contributed by atoms with Gasteiger partial charge in [0, 0.05) is 5.56 Å². The Hall–Kier alpha value is -0.230. The van der Waals surface area contributed by atoms with Crippen molar-refractivity contribution in [3.63, 3.8) is 0 Å². The van der Waals surface area contributed by atoms with Crippen LogP contribution in [0.2, 0.25) is 0 Å². The van der Waals surface area contributed by atoms with Gasteiger partial charge in [-0.2, -0.15) is 0 Å². The van der Waals surface area contributed by atoms with Crippen molar-refractivity contribution in [2.24, 2.45) is 0 Å². The van der Waals surface area contributed by atoms with E-state index in [9.17, 15) is 8.76 Å². The second kappa shape index (κ2) is 3.25. The van der Waals surface area contributed by atoms with E-state index in [-0.39, 0.29) is 10.8 Å². The van der Waals surface area contributed by atoms with Crippen molar-refractivity contribution in [1.82, 2.24) is 0 Å². The number of aliphatic hydroxyl groups excluding tert-OH is 1. The van der Waals surface area contributed by atoms with Gasteiger partial charge in [-0.3, -0.25) is 4.21 Å². The Morgan fingerprint density at radius 2 is 2.50 bits per heavy atom. The molecule has 1 unspecified atom stereocenters. The molecule has 0 amide bonds. The van der Waals surface area contributed by atoms with E-state index in [1.165, 1.54) is 0 Å². The second-order valence-electron chi connectivity index (χ2n) is 1.63. The van der Waals surface area contributed by atoms with Gasteiger partial charge in [0.15, 0.2) is 0 Å². The molecular weight excluding hydrogens is 172 g/mol. The molecule has 1 aromatic rings. The van der Waals surface area contributed by atoms with E-state index in [4.69, 9.17) is 5.11 Å². The van der Waals surface area contributed by atoms with Crippen molar-refractivity contribution < 1.29 is 13.9 Å². The van der Waals surface area contributed by atoms with Gasteiger partial charge >= 0.3 is 0 Å². The van der Waals surface area contributed by atoms with Crippen LogP contribution >= 0.6 is 11.3 Å². The summed E-state index contributed by atoms with van der Waals surface area (Å²) >= 11 is -1.09. The highest BCUT2D eigenvalue weighted by Gasteiger charge is 2.01. The third-order valence-corrected chi connectivity index (χ3v) is 3.04. The zero-order valence-corrected chi connectivity index (χ0v) is 6.58. The summed E-state index contributed by atoms with van der Waals surface area (Å²) < 4.78 is 20.9. The average Bonchev–Trinajstić information content (AvgIpc) is 2.33. The van der Waals surface area contributed by atoms with Crippen molar-refractivity contribution >= 4 is 22.4 Å². The predicted octanol–water partition coefficient (Wildman–Crippen LogP) is 0.478. The summed E-state index contributed by atoms with van der Waals surface area (Å²) in [6.45, 7) is -0.215. The highest BCUT2D eigenvalue weighted by Crippen LogP contribution is 2.19. The smallest absolute Gasteiger partial charge is 0.0826 e. The van der Waals surface area contributed by atoms with Crippen LogP contribution in [0.1, 0.15) is 5.56 Å². The van der Waals surface area contributed by atoms with Crippen LogP contribution < -0.4 is 0 Å². The number of hydrogen-bond acceptors (Lipinski definition) is 4. The average molecular weight is 177 g/mol. The molecule has 0 spiro atoms. The highest BCUT2D eigenvalue weighted by atomic mass is 32.2. The molecule has 1 N–H and O–H groups in total. The Morgan fingerprint density at radius 3 is 2.90 bits per heavy atom. The van der Waals surface area contributed by atoms with Crippen LogP contribution in [0.25, 0.3) is 0 Å². The molecule has 0 radical (unpaired) electrons. The minimum absolute atomic E-state index is 0.215. The molecule has 0 bridgehead atoms. The zero-order valence-electron chi connectivity index (χ0n) is 4.94. The maximum atomic E-state index is 10.3. The quantitative estimate of drug-likeness (QED) is 0.668. The number of thiophene rings is 1. The first-order valence-corrected chi connectivity index (χ1v) is 4.47. The molecule has 56 valence electrons. The Bertz CT molecular complexity index is 243. The fourth-order valence-corrected chi connectivity index (χ4v) is 2.05. The molecule has 0 aromatic carbocycles. The topological polar surface area (TPSA) is 60.4 Å². The van der Waals surface area contributed by atoms with E-state index < -0.39 is 11.1 Å². The van der Waals surface area contributed by atoms with Gasteiger partial charge in [0.25, 0.3) is 0 Å². The van der Waals surface area contributed by atoms with E-state index in [0.29, 0.717) is 5.56 Å². The van der Waals surface area contributed by atoms with E-state index in [1.807, 2.05) is 0 Å². The largest absolute Gasteiger partial charge is 0.768 e. The maximum Gasteiger partial charge on any atom is 0.0826 e. The van der Waals surface area contributed by atoms with E-state index in [0.717, 1.165) is 11.3 Å². The Balaban J connectivity index is 3.01. The molecule has 1 rings (SSSR count). The molecular formula is C5H5O3S2-. The molecule has 0 fully saturated rings. The Morgan fingerprint density at radius 1 is 1.80 bits per heavy atom. The molecule has 3 nitrogen and oxygen atoms in total. The summed E-state index contributed by atoms with van der Waals surface area (Å²) in [5.74, 6) is 0. The van der Waals surface area contributed by atoms with E-state index >= 15 is 0 Å². The summed E-state index contributed by atoms with van der Waals surface area (Å²) in [5.41, 5.74) is 0.471. The van der Waals surface area contributed by atoms with Gasteiger partial charge in [-0.05, 0) is 22.5 Å². The molecule has 1 atom stereocenters. The molecule has 0 aliphatic carbocycles. The van der Waals surface area contributed by atoms with E-state index in [1.54, 1.807) is 11.4 Å². The van der Waals surface area contributed by atoms with Crippen molar-refractivity contribution in [1.29, 1.82) is 0 Å². The van der Waals surface area contributed by atoms with Crippen molar-refractivity contribution in [3.8, 4) is 0 Å². The lowest BCUT2D eigenvalue weighted by molar-refractivity contribution is 0.279. The summed E-state index contributed by atoms with van der Waals surface area (Å²) in [5, 5.41) is 10.2. The van der Waals surface area contributed by atoms with Gasteiger partial charge in [0.05, 0.1) is 10.8 Å². The van der Waals surface area contributed by atoms with Crippen LogP contribution in [0.15, 0.2) is 15.7 Å². The molecule has 10 heavy (non-hydrogen) atoms. The minimum atomic E-state index is -2.20. The lowest BCUT2D eigenvalue weighted by Crippen LogP contribution is -1.90. The highest BCUT2D eigenvalue weighted by molar-refractivity contribution is 7.81. The zero-order chi connectivity index (χ0) is 7.56. The first kappa shape index (κ1) is 7.87. The van der Waals surface area contributed by atoms with E-state index in [2.05, 4.69) is 0 Å². The molecule has 0 saturated carbocycles. The Labute approximate surface area is 64.6 Å². The summed E-state index contributed by atoms with van der Waals surface area (Å²) in [6.07, 6.45) is 0. The van der Waals surface area contributed by atoms with Crippen LogP contribution in [0.5, 0.6) is 0 Å². The number of aliphatic hydroxyl groups is 1. The summed E-state index contributed by atoms with van der Waals surface area (Å²) in [7, 11) is 0. The van der Waals surface area contributed by atoms with Crippen LogP contribution in [0.3, 0.4) is 0 Å². The first-order valence-electron chi connectivity index (χ1n) is 2.52. The van der Waals surface area contributed by atoms with Crippen molar-refractivity contribution in [3.05, 3.63) is 17.0 Å².